The van der Waals surface area contributed by atoms with Crippen molar-refractivity contribution in [2.24, 2.45) is 0 Å². The smallest absolute Gasteiger partial charge is 0.0576 e. The molecule has 1 aromatic rings. The molecule has 0 N–H and O–H groups in total. The third kappa shape index (κ3) is 1.35. The molecule has 0 nitrogen and oxygen atoms in total. The minimum absolute atomic E-state index is 0.561. The van der Waals surface area contributed by atoms with Crippen LogP contribution in [0.15, 0.2) is 5.38 Å². The number of rotatable bonds is 1. The van der Waals surface area contributed by atoms with E-state index in [4.69, 9.17) is 11.6 Å². The van der Waals surface area contributed by atoms with Gasteiger partial charge in [-0.15, -0.1) is 11.3 Å². The summed E-state index contributed by atoms with van der Waals surface area (Å²) in [5, 5.41) is 3.07. The number of thiophene rings is 1. The lowest BCUT2D eigenvalue weighted by molar-refractivity contribution is 0.889. The molecule has 56 valence electrons. The van der Waals surface area contributed by atoms with Crippen molar-refractivity contribution in [2.45, 2.75) is 26.7 Å². The average Bonchev–Trinajstić information content (AvgIpc) is 2.14. The molecule has 0 bridgehead atoms. The van der Waals surface area contributed by atoms with E-state index in [0.717, 1.165) is 5.02 Å². The Morgan fingerprint density at radius 3 is 2.30 bits per heavy atom. The summed E-state index contributed by atoms with van der Waals surface area (Å²) >= 11 is 7.77. The van der Waals surface area contributed by atoms with E-state index in [0.29, 0.717) is 5.92 Å². The van der Waals surface area contributed by atoms with Gasteiger partial charge in [0.1, 0.15) is 0 Å². The van der Waals surface area contributed by atoms with Crippen molar-refractivity contribution >= 4 is 22.9 Å². The monoisotopic (exact) mass is 174 g/mol. The molecule has 0 aliphatic heterocycles. The van der Waals surface area contributed by atoms with Crippen LogP contribution in [0.3, 0.4) is 0 Å². The molecule has 0 aliphatic carbocycles. The zero-order valence-electron chi connectivity index (χ0n) is 6.44. The molecule has 0 spiro atoms. The highest BCUT2D eigenvalue weighted by molar-refractivity contribution is 7.10. The second-order valence-electron chi connectivity index (χ2n) is 2.75. The molecule has 0 fully saturated rings. The molecular formula is C8H11ClS. The fourth-order valence-corrected chi connectivity index (χ4v) is 2.27. The Labute approximate surface area is 70.8 Å². The number of hydrogen-bond donors (Lipinski definition) is 0. The van der Waals surface area contributed by atoms with Crippen LogP contribution in [0.1, 0.15) is 30.2 Å². The first kappa shape index (κ1) is 8.09. The van der Waals surface area contributed by atoms with Gasteiger partial charge in [0.15, 0.2) is 0 Å². The van der Waals surface area contributed by atoms with Crippen molar-refractivity contribution in [2.75, 3.05) is 0 Å². The van der Waals surface area contributed by atoms with Gasteiger partial charge in [0.2, 0.25) is 0 Å². The minimum Gasteiger partial charge on any atom is -0.147 e. The Bertz CT molecular complexity index is 225. The highest BCUT2D eigenvalue weighted by atomic mass is 35.5. The van der Waals surface area contributed by atoms with Crippen molar-refractivity contribution in [1.29, 1.82) is 0 Å². The molecule has 0 amide bonds. The second kappa shape index (κ2) is 2.93. The molecule has 0 saturated carbocycles. The van der Waals surface area contributed by atoms with Gasteiger partial charge in [-0.1, -0.05) is 25.4 Å². The SMILES string of the molecule is Cc1csc(C(C)C)c1Cl. The van der Waals surface area contributed by atoms with E-state index in [2.05, 4.69) is 19.2 Å². The summed E-state index contributed by atoms with van der Waals surface area (Å²) in [5.41, 5.74) is 1.20. The number of halogens is 1. The van der Waals surface area contributed by atoms with Gasteiger partial charge in [-0.25, -0.2) is 0 Å². The van der Waals surface area contributed by atoms with Crippen molar-refractivity contribution < 1.29 is 0 Å². The lowest BCUT2D eigenvalue weighted by atomic mass is 10.1. The molecule has 0 atom stereocenters. The van der Waals surface area contributed by atoms with Crippen LogP contribution in [0.25, 0.3) is 0 Å². The summed E-state index contributed by atoms with van der Waals surface area (Å²) in [7, 11) is 0. The first-order valence-corrected chi connectivity index (χ1v) is 4.62. The standard InChI is InChI=1S/C8H11ClS/c1-5(2)8-7(9)6(3)4-10-8/h4-5H,1-3H3. The second-order valence-corrected chi connectivity index (χ2v) is 4.04. The topological polar surface area (TPSA) is 0 Å². The highest BCUT2D eigenvalue weighted by Gasteiger charge is 2.08. The van der Waals surface area contributed by atoms with Crippen LogP contribution < -0.4 is 0 Å². The summed E-state index contributed by atoms with van der Waals surface area (Å²) in [5.74, 6) is 0.561. The van der Waals surface area contributed by atoms with Crippen molar-refractivity contribution in [1.82, 2.24) is 0 Å². The van der Waals surface area contributed by atoms with E-state index in [1.807, 2.05) is 6.92 Å². The summed E-state index contributed by atoms with van der Waals surface area (Å²) in [4.78, 5) is 1.30. The van der Waals surface area contributed by atoms with Gasteiger partial charge in [-0.2, -0.15) is 0 Å². The van der Waals surface area contributed by atoms with Gasteiger partial charge < -0.3 is 0 Å². The normalized spacial score (nSPS) is 10.9. The summed E-state index contributed by atoms with van der Waals surface area (Å²) in [6, 6.07) is 0. The van der Waals surface area contributed by atoms with Gasteiger partial charge in [0.25, 0.3) is 0 Å². The fourth-order valence-electron chi connectivity index (χ4n) is 0.839. The summed E-state index contributed by atoms with van der Waals surface area (Å²) in [6.07, 6.45) is 0. The highest BCUT2D eigenvalue weighted by Crippen LogP contribution is 2.32. The molecule has 10 heavy (non-hydrogen) atoms. The Morgan fingerprint density at radius 1 is 1.50 bits per heavy atom. The van der Waals surface area contributed by atoms with Crippen LogP contribution in [0.4, 0.5) is 0 Å². The molecule has 0 unspecified atom stereocenters. The molecule has 1 aromatic heterocycles. The Morgan fingerprint density at radius 2 is 2.10 bits per heavy atom. The van der Waals surface area contributed by atoms with Crippen molar-refractivity contribution in [3.63, 3.8) is 0 Å². The van der Waals surface area contributed by atoms with E-state index in [-0.39, 0.29) is 0 Å². The quantitative estimate of drug-likeness (QED) is 0.607. The molecule has 2 heteroatoms. The summed E-state index contributed by atoms with van der Waals surface area (Å²) < 4.78 is 0. The molecule has 0 aliphatic rings. The maximum atomic E-state index is 6.01. The van der Waals surface area contributed by atoms with Crippen LogP contribution in [-0.2, 0) is 0 Å². The fraction of sp³-hybridized carbons (Fsp3) is 0.500. The van der Waals surface area contributed by atoms with Gasteiger partial charge in [-0.3, -0.25) is 0 Å². The number of aryl methyl sites for hydroxylation is 1. The number of hydrogen-bond acceptors (Lipinski definition) is 1. The molecular weight excluding hydrogens is 164 g/mol. The van der Waals surface area contributed by atoms with Crippen LogP contribution >= 0.6 is 22.9 Å². The third-order valence-electron chi connectivity index (χ3n) is 1.45. The maximum Gasteiger partial charge on any atom is 0.0576 e. The van der Waals surface area contributed by atoms with Crippen LogP contribution in [0.5, 0.6) is 0 Å². The molecule has 0 radical (unpaired) electrons. The van der Waals surface area contributed by atoms with Crippen molar-refractivity contribution in [3.8, 4) is 0 Å². The Kier molecular flexibility index (Phi) is 2.37. The van der Waals surface area contributed by atoms with Gasteiger partial charge in [0.05, 0.1) is 5.02 Å². The van der Waals surface area contributed by atoms with Crippen LogP contribution in [0.2, 0.25) is 5.02 Å². The lowest BCUT2D eigenvalue weighted by Gasteiger charge is -2.00. The average molecular weight is 175 g/mol. The Balaban J connectivity index is 3.05. The van der Waals surface area contributed by atoms with E-state index < -0.39 is 0 Å². The molecule has 1 rings (SSSR count). The zero-order valence-corrected chi connectivity index (χ0v) is 8.01. The molecule has 0 saturated heterocycles. The molecule has 1 heterocycles. The van der Waals surface area contributed by atoms with Crippen molar-refractivity contribution in [3.05, 3.63) is 20.8 Å². The summed E-state index contributed by atoms with van der Waals surface area (Å²) in [6.45, 7) is 6.37. The van der Waals surface area contributed by atoms with E-state index in [1.165, 1.54) is 10.4 Å². The minimum atomic E-state index is 0.561. The Hall–Kier alpha value is -0.0100. The zero-order chi connectivity index (χ0) is 7.72. The van der Waals surface area contributed by atoms with Crippen LogP contribution in [0, 0.1) is 6.92 Å². The maximum absolute atomic E-state index is 6.01. The first-order chi connectivity index (χ1) is 4.63. The first-order valence-electron chi connectivity index (χ1n) is 3.36. The van der Waals surface area contributed by atoms with Gasteiger partial charge >= 0.3 is 0 Å². The third-order valence-corrected chi connectivity index (χ3v) is 3.46. The van der Waals surface area contributed by atoms with Gasteiger partial charge in [0, 0.05) is 4.88 Å². The van der Waals surface area contributed by atoms with Crippen LogP contribution in [-0.4, -0.2) is 0 Å². The lowest BCUT2D eigenvalue weighted by Crippen LogP contribution is -1.81. The van der Waals surface area contributed by atoms with Gasteiger partial charge in [-0.05, 0) is 23.8 Å². The van der Waals surface area contributed by atoms with E-state index >= 15 is 0 Å². The van der Waals surface area contributed by atoms with E-state index in [1.54, 1.807) is 11.3 Å². The predicted molar refractivity (Wildman–Crippen MR) is 48.2 cm³/mol. The van der Waals surface area contributed by atoms with E-state index in [9.17, 15) is 0 Å². The molecule has 0 aromatic carbocycles. The largest absolute Gasteiger partial charge is 0.147 e. The predicted octanol–water partition coefficient (Wildman–Crippen LogP) is 3.83.